The SMILES string of the molecule is C1=CC23CC2(C=1)C3. The summed E-state index contributed by atoms with van der Waals surface area (Å²) in [6.45, 7) is 0. The maximum absolute atomic E-state index is 3.15. The molecule has 0 saturated heterocycles. The van der Waals surface area contributed by atoms with Crippen LogP contribution in [0.1, 0.15) is 12.8 Å². The van der Waals surface area contributed by atoms with Crippen molar-refractivity contribution in [2.45, 2.75) is 12.8 Å². The van der Waals surface area contributed by atoms with Crippen molar-refractivity contribution in [3.63, 3.8) is 0 Å². The first-order valence-electron chi connectivity index (χ1n) is 2.82. The Morgan fingerprint density at radius 2 is 1.71 bits per heavy atom. The second-order valence-electron chi connectivity index (χ2n) is 3.12. The van der Waals surface area contributed by atoms with Crippen LogP contribution in [0.25, 0.3) is 0 Å². The van der Waals surface area contributed by atoms with Gasteiger partial charge in [-0.2, -0.15) is 0 Å². The fourth-order valence-electron chi connectivity index (χ4n) is 1.84. The van der Waals surface area contributed by atoms with E-state index in [1.165, 1.54) is 12.8 Å². The second-order valence-corrected chi connectivity index (χ2v) is 3.12. The molecule has 3 aliphatic rings. The van der Waals surface area contributed by atoms with Gasteiger partial charge in [-0.25, -0.2) is 0 Å². The molecule has 3 rings (SSSR count). The molecule has 2 fully saturated rings. The van der Waals surface area contributed by atoms with Crippen LogP contribution < -0.4 is 0 Å². The molecule has 0 unspecified atom stereocenters. The van der Waals surface area contributed by atoms with Gasteiger partial charge in [-0.15, -0.1) is 5.73 Å². The third-order valence-electron chi connectivity index (χ3n) is 2.72. The minimum absolute atomic E-state index is 0.715. The average Bonchev–Trinajstić information content (AvgIpc) is 2.26. The quantitative estimate of drug-likeness (QED) is 0.395. The summed E-state index contributed by atoms with van der Waals surface area (Å²) in [6, 6.07) is 0. The summed E-state index contributed by atoms with van der Waals surface area (Å²) in [5, 5.41) is 0. The third-order valence-corrected chi connectivity index (χ3v) is 2.72. The van der Waals surface area contributed by atoms with Gasteiger partial charge in [-0.1, -0.05) is 0 Å². The van der Waals surface area contributed by atoms with Gasteiger partial charge in [0.2, 0.25) is 0 Å². The van der Waals surface area contributed by atoms with E-state index in [4.69, 9.17) is 0 Å². The minimum atomic E-state index is 0.715. The van der Waals surface area contributed by atoms with Crippen LogP contribution in [-0.2, 0) is 0 Å². The molecule has 0 N–H and O–H groups in total. The summed E-state index contributed by atoms with van der Waals surface area (Å²) in [7, 11) is 0. The van der Waals surface area contributed by atoms with Gasteiger partial charge in [-0.3, -0.25) is 0 Å². The lowest BCUT2D eigenvalue weighted by Gasteiger charge is -1.90. The molecule has 0 bridgehead atoms. The van der Waals surface area contributed by atoms with Crippen molar-refractivity contribution >= 4 is 0 Å². The molecular formula is C7H6. The summed E-state index contributed by atoms with van der Waals surface area (Å²) < 4.78 is 0. The molecule has 0 atom stereocenters. The van der Waals surface area contributed by atoms with Crippen molar-refractivity contribution in [3.8, 4) is 0 Å². The Balaban J connectivity index is 2.39. The molecule has 3 aliphatic carbocycles. The van der Waals surface area contributed by atoms with Crippen LogP contribution in [0, 0.1) is 10.8 Å². The average molecular weight is 90.1 g/mol. The lowest BCUT2D eigenvalue weighted by molar-refractivity contribution is 0.745. The molecular weight excluding hydrogens is 84.1 g/mol. The maximum Gasteiger partial charge on any atom is 0.00726 e. The van der Waals surface area contributed by atoms with E-state index < -0.39 is 0 Å². The zero-order valence-corrected chi connectivity index (χ0v) is 4.07. The van der Waals surface area contributed by atoms with Crippen LogP contribution in [0.3, 0.4) is 0 Å². The van der Waals surface area contributed by atoms with Crippen LogP contribution in [0.4, 0.5) is 0 Å². The Morgan fingerprint density at radius 3 is 1.86 bits per heavy atom. The second kappa shape index (κ2) is 0.413. The molecule has 7 heavy (non-hydrogen) atoms. The molecule has 0 radical (unpaired) electrons. The predicted octanol–water partition coefficient (Wildman–Crippen LogP) is 1.49. The van der Waals surface area contributed by atoms with E-state index in [1.54, 1.807) is 0 Å². The Hall–Kier alpha value is -0.480. The summed E-state index contributed by atoms with van der Waals surface area (Å²) in [6.07, 6.45) is 7.42. The number of rotatable bonds is 0. The van der Waals surface area contributed by atoms with E-state index in [2.05, 4.69) is 17.9 Å². The maximum atomic E-state index is 3.15. The molecule has 0 aromatic rings. The first kappa shape index (κ1) is 2.74. The molecule has 0 heterocycles. The highest BCUT2D eigenvalue weighted by molar-refractivity contribution is 5.47. The van der Waals surface area contributed by atoms with E-state index in [9.17, 15) is 0 Å². The molecule has 0 nitrogen and oxygen atoms in total. The van der Waals surface area contributed by atoms with Gasteiger partial charge in [0, 0.05) is 10.8 Å². The summed E-state index contributed by atoms with van der Waals surface area (Å²) in [5.74, 6) is 0. The zero-order valence-electron chi connectivity index (χ0n) is 4.07. The van der Waals surface area contributed by atoms with E-state index >= 15 is 0 Å². The monoisotopic (exact) mass is 90.0 g/mol. The van der Waals surface area contributed by atoms with Gasteiger partial charge in [-0.05, 0) is 25.0 Å². The van der Waals surface area contributed by atoms with Crippen LogP contribution in [0.5, 0.6) is 0 Å². The van der Waals surface area contributed by atoms with Crippen LogP contribution >= 0.6 is 0 Å². The van der Waals surface area contributed by atoms with Crippen molar-refractivity contribution in [2.75, 3.05) is 0 Å². The molecule has 0 spiro atoms. The molecule has 0 aromatic heterocycles. The molecule has 0 heteroatoms. The third kappa shape index (κ3) is 0.114. The van der Waals surface area contributed by atoms with Gasteiger partial charge in [0.15, 0.2) is 0 Å². The summed E-state index contributed by atoms with van der Waals surface area (Å²) >= 11 is 0. The van der Waals surface area contributed by atoms with Crippen molar-refractivity contribution in [2.24, 2.45) is 10.8 Å². The highest BCUT2D eigenvalue weighted by atomic mass is 14.8. The molecule has 2 saturated carbocycles. The van der Waals surface area contributed by atoms with Crippen LogP contribution in [-0.4, -0.2) is 0 Å². The lowest BCUT2D eigenvalue weighted by Crippen LogP contribution is -1.78. The first-order chi connectivity index (χ1) is 3.37. The fraction of sp³-hybridized carbons (Fsp3) is 0.571. The summed E-state index contributed by atoms with van der Waals surface area (Å²) in [5.41, 5.74) is 4.58. The lowest BCUT2D eigenvalue weighted by atomic mass is 10.1. The summed E-state index contributed by atoms with van der Waals surface area (Å²) in [4.78, 5) is 0. The molecule has 0 aromatic carbocycles. The normalized spacial score (nSPS) is 67.4. The topological polar surface area (TPSA) is 0 Å². The highest BCUT2D eigenvalue weighted by Gasteiger charge is 2.81. The standard InChI is InChI=1S/C7H6/c1-2-6-4-7(6,3-1)5-6/h2-3H,4-5H2. The molecule has 34 valence electrons. The fourth-order valence-corrected chi connectivity index (χ4v) is 1.84. The van der Waals surface area contributed by atoms with Crippen molar-refractivity contribution in [1.82, 2.24) is 0 Å². The Labute approximate surface area is 42.5 Å². The van der Waals surface area contributed by atoms with Gasteiger partial charge in [0.1, 0.15) is 0 Å². The highest BCUT2D eigenvalue weighted by Crippen LogP contribution is 2.89. The van der Waals surface area contributed by atoms with E-state index in [0.29, 0.717) is 10.8 Å². The molecule has 0 amide bonds. The zero-order chi connectivity index (χ0) is 4.54. The van der Waals surface area contributed by atoms with Crippen molar-refractivity contribution in [3.05, 3.63) is 17.9 Å². The van der Waals surface area contributed by atoms with Crippen LogP contribution in [0.2, 0.25) is 0 Å². The Morgan fingerprint density at radius 1 is 1.14 bits per heavy atom. The van der Waals surface area contributed by atoms with Gasteiger partial charge in [0.25, 0.3) is 0 Å². The number of hydrogen-bond acceptors (Lipinski definition) is 0. The van der Waals surface area contributed by atoms with Crippen molar-refractivity contribution < 1.29 is 0 Å². The van der Waals surface area contributed by atoms with Gasteiger partial charge < -0.3 is 0 Å². The van der Waals surface area contributed by atoms with Gasteiger partial charge in [0.05, 0.1) is 0 Å². The molecule has 0 aliphatic heterocycles. The minimum Gasteiger partial charge on any atom is -0.128 e. The Bertz CT molecular complexity index is 180. The first-order valence-corrected chi connectivity index (χ1v) is 2.82. The smallest absolute Gasteiger partial charge is 0.00726 e. The van der Waals surface area contributed by atoms with Crippen LogP contribution in [0.15, 0.2) is 17.9 Å². The largest absolute Gasteiger partial charge is 0.128 e. The van der Waals surface area contributed by atoms with E-state index in [1.807, 2.05) is 0 Å². The Kier molecular flexibility index (Phi) is 0.162. The van der Waals surface area contributed by atoms with E-state index in [-0.39, 0.29) is 0 Å². The van der Waals surface area contributed by atoms with Crippen molar-refractivity contribution in [1.29, 1.82) is 0 Å². The predicted molar refractivity (Wildman–Crippen MR) is 26.8 cm³/mol. The van der Waals surface area contributed by atoms with Gasteiger partial charge >= 0.3 is 0 Å². The number of hydrogen-bond donors (Lipinski definition) is 0. The van der Waals surface area contributed by atoms with E-state index in [0.717, 1.165) is 0 Å². The number of allylic oxidation sites excluding steroid dienone is 1.